The zero-order valence-corrected chi connectivity index (χ0v) is 23.0. The third kappa shape index (κ3) is 5.06. The van der Waals surface area contributed by atoms with E-state index < -0.39 is 0 Å². The molecule has 10 nitrogen and oxygen atoms in total. The highest BCUT2D eigenvalue weighted by molar-refractivity contribution is 8.04. The molecule has 3 unspecified atom stereocenters. The van der Waals surface area contributed by atoms with Gasteiger partial charge in [-0.1, -0.05) is 36.5 Å². The molecule has 0 radical (unpaired) electrons. The Bertz CT molecular complexity index is 1380. The second-order valence-corrected chi connectivity index (χ2v) is 11.7. The van der Waals surface area contributed by atoms with Gasteiger partial charge in [-0.2, -0.15) is 0 Å². The number of piperidine rings is 1. The maximum Gasteiger partial charge on any atom is 0.326 e. The molecule has 2 saturated heterocycles. The third-order valence-corrected chi connectivity index (χ3v) is 9.29. The van der Waals surface area contributed by atoms with Gasteiger partial charge in [-0.25, -0.2) is 9.78 Å². The summed E-state index contributed by atoms with van der Waals surface area (Å²) in [5, 5.41) is 12.6. The van der Waals surface area contributed by atoms with Crippen molar-refractivity contribution in [2.45, 2.75) is 56.1 Å². The highest BCUT2D eigenvalue weighted by Crippen LogP contribution is 2.48. The van der Waals surface area contributed by atoms with Gasteiger partial charge >= 0.3 is 6.03 Å². The zero-order chi connectivity index (χ0) is 27.8. The second kappa shape index (κ2) is 11.0. The predicted molar refractivity (Wildman–Crippen MR) is 153 cm³/mol. The van der Waals surface area contributed by atoms with Crippen molar-refractivity contribution in [3.8, 4) is 11.6 Å². The monoisotopic (exact) mass is 560 g/mol. The summed E-state index contributed by atoms with van der Waals surface area (Å²) in [6.07, 6.45) is 5.96. The number of benzene rings is 1. The first kappa shape index (κ1) is 26.4. The minimum Gasteiger partial charge on any atom is -0.439 e. The van der Waals surface area contributed by atoms with E-state index in [1.54, 1.807) is 11.1 Å². The number of anilines is 1. The van der Waals surface area contributed by atoms with Gasteiger partial charge in [-0.15, -0.1) is 0 Å². The fourth-order valence-electron chi connectivity index (χ4n) is 6.10. The summed E-state index contributed by atoms with van der Waals surface area (Å²) < 4.78 is 5.88. The van der Waals surface area contributed by atoms with Crippen molar-refractivity contribution in [1.82, 2.24) is 26.3 Å². The molecule has 4 amide bonds. The summed E-state index contributed by atoms with van der Waals surface area (Å²) in [5.74, 6) is 0.719. The van der Waals surface area contributed by atoms with E-state index in [4.69, 9.17) is 4.74 Å². The molecular formula is C29H32N6O4S. The maximum absolute atomic E-state index is 13.6. The number of ether oxygens (including phenoxy) is 1. The maximum atomic E-state index is 13.6. The highest BCUT2D eigenvalue weighted by Gasteiger charge is 2.52. The van der Waals surface area contributed by atoms with Crippen LogP contribution in [0.2, 0.25) is 0 Å². The van der Waals surface area contributed by atoms with Crippen LogP contribution in [0.25, 0.3) is 0 Å². The van der Waals surface area contributed by atoms with Crippen molar-refractivity contribution >= 4 is 35.3 Å². The molecule has 4 aliphatic rings. The van der Waals surface area contributed by atoms with E-state index in [2.05, 4.69) is 32.8 Å². The van der Waals surface area contributed by atoms with Crippen LogP contribution in [-0.4, -0.2) is 52.9 Å². The van der Waals surface area contributed by atoms with Crippen molar-refractivity contribution in [2.75, 3.05) is 11.4 Å². The van der Waals surface area contributed by atoms with Crippen molar-refractivity contribution in [3.63, 3.8) is 0 Å². The average Bonchev–Trinajstić information content (AvgIpc) is 3.55. The minimum atomic E-state index is -0.264. The molecule has 1 aromatic heterocycles. The largest absolute Gasteiger partial charge is 0.439 e. The van der Waals surface area contributed by atoms with Crippen molar-refractivity contribution in [3.05, 3.63) is 71.4 Å². The number of thioether (sulfide) groups is 1. The summed E-state index contributed by atoms with van der Waals surface area (Å²) >= 11 is 1.48. The fraction of sp³-hybridized carbons (Fsp3) is 0.379. The van der Waals surface area contributed by atoms with Crippen LogP contribution >= 0.6 is 11.8 Å². The number of rotatable bonds is 7. The number of hydrogen-bond acceptors (Lipinski definition) is 7. The minimum absolute atomic E-state index is 0.0163. The first-order valence-corrected chi connectivity index (χ1v) is 14.5. The standard InChI is InChI=1S/C29H32N6O4S/c1-3-22(36)32-17-9-10-18(14-17)33-27(37)26-25-24-20(11-12-30-28(24)40-26)35(29(38)34-25)21-15-31-23(13-16(21)2)39-19-7-5-4-6-8-19/h3-8,13,15,17-18,20,24,28,30H,1,9-12,14H2,2H3,(H,32,36)(H,33,37)(H,34,38)/t17-,18-,20?,24?,28?/m1/s1. The topological polar surface area (TPSA) is 125 Å². The third-order valence-electron chi connectivity index (χ3n) is 7.93. The van der Waals surface area contributed by atoms with E-state index in [0.717, 1.165) is 37.1 Å². The Hall–Kier alpha value is -3.83. The number of urea groups is 1. The van der Waals surface area contributed by atoms with E-state index in [-0.39, 0.29) is 47.3 Å². The summed E-state index contributed by atoms with van der Waals surface area (Å²) in [7, 11) is 0. The molecule has 5 atom stereocenters. The lowest BCUT2D eigenvalue weighted by Gasteiger charge is -2.46. The molecule has 208 valence electrons. The molecule has 4 heterocycles. The Kier molecular flexibility index (Phi) is 7.24. The van der Waals surface area contributed by atoms with Gasteiger partial charge in [0.2, 0.25) is 11.8 Å². The normalized spacial score (nSPS) is 27.1. The van der Waals surface area contributed by atoms with Crippen LogP contribution in [0.1, 0.15) is 31.2 Å². The fourth-order valence-corrected chi connectivity index (χ4v) is 7.50. The van der Waals surface area contributed by atoms with Gasteiger partial charge in [0.15, 0.2) is 0 Å². The first-order valence-electron chi connectivity index (χ1n) is 13.6. The summed E-state index contributed by atoms with van der Waals surface area (Å²) in [5.41, 5.74) is 2.29. The van der Waals surface area contributed by atoms with Crippen LogP contribution in [0.3, 0.4) is 0 Å². The van der Waals surface area contributed by atoms with Crippen molar-refractivity contribution in [2.24, 2.45) is 5.92 Å². The number of carbonyl (C=O) groups is 3. The zero-order valence-electron chi connectivity index (χ0n) is 22.2. The molecule has 3 aliphatic heterocycles. The van der Waals surface area contributed by atoms with Gasteiger partial charge in [-0.05, 0) is 62.9 Å². The molecule has 0 bridgehead atoms. The van der Waals surface area contributed by atoms with Crippen LogP contribution in [0.4, 0.5) is 10.5 Å². The first-order chi connectivity index (χ1) is 19.4. The molecule has 4 N–H and O–H groups in total. The quantitative estimate of drug-likeness (QED) is 0.383. The van der Waals surface area contributed by atoms with Gasteiger partial charge in [0.1, 0.15) is 5.75 Å². The van der Waals surface area contributed by atoms with Gasteiger partial charge < -0.3 is 26.0 Å². The van der Waals surface area contributed by atoms with Gasteiger partial charge in [0.25, 0.3) is 5.91 Å². The Morgan fingerprint density at radius 1 is 1.18 bits per heavy atom. The van der Waals surface area contributed by atoms with E-state index >= 15 is 0 Å². The number of pyridine rings is 1. The molecule has 1 aromatic carbocycles. The van der Waals surface area contributed by atoms with Crippen LogP contribution < -0.4 is 30.9 Å². The van der Waals surface area contributed by atoms with Crippen molar-refractivity contribution in [1.29, 1.82) is 0 Å². The molecule has 11 heteroatoms. The van der Waals surface area contributed by atoms with Crippen molar-refractivity contribution < 1.29 is 19.1 Å². The van der Waals surface area contributed by atoms with Crippen LogP contribution in [-0.2, 0) is 9.59 Å². The summed E-state index contributed by atoms with van der Waals surface area (Å²) in [6.45, 7) is 6.18. The highest BCUT2D eigenvalue weighted by atomic mass is 32.2. The Labute approximate surface area is 237 Å². The number of para-hydroxylation sites is 1. The van der Waals surface area contributed by atoms with Gasteiger partial charge in [0.05, 0.1) is 28.2 Å². The molecule has 0 spiro atoms. The lowest BCUT2D eigenvalue weighted by molar-refractivity contribution is -0.117. The van der Waals surface area contributed by atoms with Crippen LogP contribution in [0.15, 0.2) is 65.9 Å². The lowest BCUT2D eigenvalue weighted by Crippen LogP contribution is -2.62. The molecule has 1 saturated carbocycles. The molecular weight excluding hydrogens is 528 g/mol. The Morgan fingerprint density at radius 2 is 1.95 bits per heavy atom. The number of hydrogen-bond donors (Lipinski definition) is 4. The summed E-state index contributed by atoms with van der Waals surface area (Å²) in [6, 6.07) is 10.9. The Balaban J connectivity index is 1.19. The van der Waals surface area contributed by atoms with E-state index in [0.29, 0.717) is 28.7 Å². The van der Waals surface area contributed by atoms with Gasteiger partial charge in [0, 0.05) is 29.8 Å². The smallest absolute Gasteiger partial charge is 0.326 e. The predicted octanol–water partition coefficient (Wildman–Crippen LogP) is 3.31. The number of nitrogens with zero attached hydrogens (tertiary/aromatic N) is 2. The molecule has 6 rings (SSSR count). The molecule has 40 heavy (non-hydrogen) atoms. The second-order valence-electron chi connectivity index (χ2n) is 10.5. The molecule has 1 aliphatic carbocycles. The van der Waals surface area contributed by atoms with Crippen LogP contribution in [0.5, 0.6) is 11.6 Å². The number of aryl methyl sites for hydroxylation is 1. The number of aromatic nitrogens is 1. The van der Waals surface area contributed by atoms with E-state index in [1.807, 2.05) is 43.3 Å². The van der Waals surface area contributed by atoms with E-state index in [1.165, 1.54) is 17.8 Å². The molecule has 3 fully saturated rings. The lowest BCUT2D eigenvalue weighted by atomic mass is 9.86. The number of amides is 4. The van der Waals surface area contributed by atoms with Gasteiger partial charge in [-0.3, -0.25) is 14.5 Å². The average molecular weight is 561 g/mol. The Morgan fingerprint density at radius 3 is 2.70 bits per heavy atom. The molecule has 2 aromatic rings. The SMILES string of the molecule is C=CC(=O)N[C@@H]1CC[C@@H](NC(=O)C2=C3NC(=O)N(c4cnc(Oc5ccccc5)cc4C)C4CCNC(S2)C34)C1. The van der Waals surface area contributed by atoms with E-state index in [9.17, 15) is 14.4 Å². The van der Waals surface area contributed by atoms with Crippen LogP contribution in [0, 0.1) is 12.8 Å². The summed E-state index contributed by atoms with van der Waals surface area (Å²) in [4.78, 5) is 45.5. The number of carbonyl (C=O) groups excluding carboxylic acids is 3. The number of nitrogens with one attached hydrogen (secondary N) is 4.